The highest BCUT2D eigenvalue weighted by Crippen LogP contribution is 2.61. The fourth-order valence-corrected chi connectivity index (χ4v) is 3.71. The van der Waals surface area contributed by atoms with E-state index in [0.29, 0.717) is 12.0 Å². The highest BCUT2D eigenvalue weighted by molar-refractivity contribution is 5.72. The lowest BCUT2D eigenvalue weighted by Gasteiger charge is -2.39. The maximum atomic E-state index is 14.3. The van der Waals surface area contributed by atoms with E-state index in [2.05, 4.69) is 4.98 Å². The summed E-state index contributed by atoms with van der Waals surface area (Å²) in [5.41, 5.74) is 0.541. The molecule has 0 radical (unpaired) electrons. The zero-order valence-corrected chi connectivity index (χ0v) is 21.6. The predicted octanol–water partition coefficient (Wildman–Crippen LogP) is 8.46. The molecule has 18 heteroatoms. The van der Waals surface area contributed by atoms with Gasteiger partial charge in [0, 0.05) is 24.2 Å². The average molecular weight is 645 g/mol. The molecular weight excluding hydrogens is 625 g/mol. The standard InChI is InChI=1S/C25H20F13NO4/c1-2-3-4-5-18(40)43-17-9-7-14(12-39-17)13-6-8-15-16(10-13)42-19(41-15)11-20(26,27)21(28,29)22(30,31)23(32,33)24(34,35)25(36,37)38/h6-10,12,19H,2-5,11H2,1H3. The smallest absolute Gasteiger partial charge is 0.451 e. The van der Waals surface area contributed by atoms with E-state index in [1.807, 2.05) is 6.92 Å². The topological polar surface area (TPSA) is 57.7 Å². The normalized spacial score (nSPS) is 16.4. The fourth-order valence-electron chi connectivity index (χ4n) is 3.71. The molecule has 0 spiro atoms. The molecule has 1 aromatic heterocycles. The van der Waals surface area contributed by atoms with Crippen LogP contribution in [0.4, 0.5) is 57.1 Å². The molecule has 1 atom stereocenters. The summed E-state index contributed by atoms with van der Waals surface area (Å²) in [6, 6.07) is 6.13. The lowest BCUT2D eigenvalue weighted by Crippen LogP contribution is -2.70. The van der Waals surface area contributed by atoms with Gasteiger partial charge in [0.1, 0.15) is 0 Å². The second-order valence-corrected chi connectivity index (χ2v) is 9.35. The van der Waals surface area contributed by atoms with Crippen molar-refractivity contribution in [2.45, 2.75) is 81.1 Å². The Morgan fingerprint density at radius 1 is 0.767 bits per heavy atom. The van der Waals surface area contributed by atoms with E-state index in [1.165, 1.54) is 24.4 Å². The number of hydrogen-bond acceptors (Lipinski definition) is 5. The zero-order chi connectivity index (χ0) is 32.6. The predicted molar refractivity (Wildman–Crippen MR) is 120 cm³/mol. The number of alkyl halides is 13. The summed E-state index contributed by atoms with van der Waals surface area (Å²) in [5, 5.41) is 0. The first kappa shape index (κ1) is 34.0. The molecule has 0 saturated heterocycles. The van der Waals surface area contributed by atoms with Gasteiger partial charge in [0.2, 0.25) is 12.2 Å². The van der Waals surface area contributed by atoms with Crippen molar-refractivity contribution >= 4 is 5.97 Å². The first-order chi connectivity index (χ1) is 19.6. The number of hydrogen-bond donors (Lipinski definition) is 0. The molecule has 5 nitrogen and oxygen atoms in total. The number of esters is 1. The van der Waals surface area contributed by atoms with Gasteiger partial charge in [0.05, 0.1) is 6.42 Å². The Hall–Kier alpha value is -3.47. The van der Waals surface area contributed by atoms with Gasteiger partial charge in [-0.3, -0.25) is 4.79 Å². The van der Waals surface area contributed by atoms with Crippen LogP contribution in [0, 0.1) is 0 Å². The van der Waals surface area contributed by atoms with Crippen molar-refractivity contribution in [1.29, 1.82) is 0 Å². The highest BCUT2D eigenvalue weighted by Gasteiger charge is 2.90. The number of carbonyl (C=O) groups excluding carboxylic acids is 1. The molecule has 1 aliphatic rings. The zero-order valence-electron chi connectivity index (χ0n) is 21.6. The molecule has 1 aromatic carbocycles. The summed E-state index contributed by atoms with van der Waals surface area (Å²) in [7, 11) is 0. The van der Waals surface area contributed by atoms with Gasteiger partial charge in [-0.25, -0.2) is 4.98 Å². The van der Waals surface area contributed by atoms with E-state index in [0.717, 1.165) is 25.0 Å². The quantitative estimate of drug-likeness (QED) is 0.132. The van der Waals surface area contributed by atoms with Crippen LogP contribution in [0.15, 0.2) is 36.5 Å². The Bertz CT molecular complexity index is 1300. The maximum absolute atomic E-state index is 14.3. The Kier molecular flexibility index (Phi) is 9.14. The summed E-state index contributed by atoms with van der Waals surface area (Å²) in [5.74, 6) is -38.9. The third-order valence-electron chi connectivity index (χ3n) is 6.15. The molecule has 2 heterocycles. The van der Waals surface area contributed by atoms with E-state index in [4.69, 9.17) is 14.2 Å². The number of nitrogens with zero attached hydrogens (tertiary/aromatic N) is 1. The Morgan fingerprint density at radius 2 is 1.35 bits per heavy atom. The van der Waals surface area contributed by atoms with Crippen molar-refractivity contribution in [3.05, 3.63) is 36.5 Å². The minimum absolute atomic E-state index is 0.0513. The Labute approximate surface area is 233 Å². The number of unbranched alkanes of at least 4 members (excludes halogenated alkanes) is 2. The Balaban J connectivity index is 1.73. The fraction of sp³-hybridized carbons (Fsp3) is 0.520. The molecule has 240 valence electrons. The number of halogens is 13. The van der Waals surface area contributed by atoms with Crippen LogP contribution in [-0.2, 0) is 4.79 Å². The molecule has 3 rings (SSSR count). The van der Waals surface area contributed by atoms with Gasteiger partial charge >= 0.3 is 41.8 Å². The molecule has 0 fully saturated rings. The van der Waals surface area contributed by atoms with Crippen molar-refractivity contribution in [1.82, 2.24) is 4.98 Å². The van der Waals surface area contributed by atoms with E-state index in [-0.39, 0.29) is 17.9 Å². The number of ether oxygens (including phenoxy) is 3. The third-order valence-corrected chi connectivity index (χ3v) is 6.15. The molecule has 43 heavy (non-hydrogen) atoms. The van der Waals surface area contributed by atoms with Gasteiger partial charge in [-0.15, -0.1) is 0 Å². The molecule has 0 amide bonds. The first-order valence-electron chi connectivity index (χ1n) is 12.2. The summed E-state index contributed by atoms with van der Waals surface area (Å²) in [6.07, 6.45) is -9.04. The van der Waals surface area contributed by atoms with Gasteiger partial charge in [-0.05, 0) is 30.2 Å². The summed E-state index contributed by atoms with van der Waals surface area (Å²) in [6.45, 7) is 1.94. The van der Waals surface area contributed by atoms with Gasteiger partial charge in [-0.2, -0.15) is 57.1 Å². The summed E-state index contributed by atoms with van der Waals surface area (Å²) in [4.78, 5) is 15.7. The third kappa shape index (κ3) is 6.27. The van der Waals surface area contributed by atoms with E-state index in [1.54, 1.807) is 0 Å². The number of pyridine rings is 1. The van der Waals surface area contributed by atoms with Crippen molar-refractivity contribution in [3.8, 4) is 28.5 Å². The SMILES string of the molecule is CCCCCC(=O)Oc1ccc(-c2ccc3c(c2)OC(CC(F)(F)C(F)(F)C(F)(F)C(F)(F)C(F)(F)C(F)(F)F)O3)cn1. The van der Waals surface area contributed by atoms with E-state index in [9.17, 15) is 61.9 Å². The van der Waals surface area contributed by atoms with E-state index < -0.39 is 66.0 Å². The number of fused-ring (bicyclic) bond motifs is 1. The molecule has 1 unspecified atom stereocenters. The van der Waals surface area contributed by atoms with Crippen LogP contribution < -0.4 is 14.2 Å². The van der Waals surface area contributed by atoms with Crippen LogP contribution in [-0.4, -0.2) is 53.0 Å². The number of aromatic nitrogens is 1. The van der Waals surface area contributed by atoms with Crippen LogP contribution in [0.3, 0.4) is 0 Å². The number of carbonyl (C=O) groups is 1. The van der Waals surface area contributed by atoms with Crippen LogP contribution in [0.2, 0.25) is 0 Å². The second kappa shape index (κ2) is 11.6. The van der Waals surface area contributed by atoms with Crippen LogP contribution in [0.25, 0.3) is 11.1 Å². The van der Waals surface area contributed by atoms with Crippen molar-refractivity contribution in [2.24, 2.45) is 0 Å². The number of rotatable bonds is 12. The largest absolute Gasteiger partial charge is 0.460 e. The lowest BCUT2D eigenvalue weighted by atomic mass is 9.92. The average Bonchev–Trinajstić information content (AvgIpc) is 3.29. The molecule has 0 bridgehead atoms. The summed E-state index contributed by atoms with van der Waals surface area (Å²) < 4.78 is 188. The van der Waals surface area contributed by atoms with Crippen LogP contribution >= 0.6 is 0 Å². The molecule has 0 N–H and O–H groups in total. The Morgan fingerprint density at radius 3 is 1.91 bits per heavy atom. The van der Waals surface area contributed by atoms with Crippen molar-refractivity contribution < 1.29 is 76.1 Å². The molecule has 0 saturated carbocycles. The van der Waals surface area contributed by atoms with Gasteiger partial charge < -0.3 is 14.2 Å². The molecule has 2 aromatic rings. The molecular formula is C25H20F13NO4. The summed E-state index contributed by atoms with van der Waals surface area (Å²) >= 11 is 0. The number of benzene rings is 1. The van der Waals surface area contributed by atoms with Crippen molar-refractivity contribution in [3.63, 3.8) is 0 Å². The first-order valence-corrected chi connectivity index (χ1v) is 12.2. The van der Waals surface area contributed by atoms with Gasteiger partial charge in [0.25, 0.3) is 0 Å². The minimum Gasteiger partial charge on any atom is -0.451 e. The van der Waals surface area contributed by atoms with Gasteiger partial charge in [-0.1, -0.05) is 25.8 Å². The van der Waals surface area contributed by atoms with E-state index >= 15 is 0 Å². The van der Waals surface area contributed by atoms with Gasteiger partial charge in [0.15, 0.2) is 11.5 Å². The second-order valence-electron chi connectivity index (χ2n) is 9.35. The maximum Gasteiger partial charge on any atom is 0.460 e. The molecule has 1 aliphatic heterocycles. The van der Waals surface area contributed by atoms with Crippen LogP contribution in [0.1, 0.15) is 39.0 Å². The van der Waals surface area contributed by atoms with Crippen molar-refractivity contribution in [2.75, 3.05) is 0 Å². The molecule has 0 aliphatic carbocycles. The highest BCUT2D eigenvalue weighted by atomic mass is 19.4. The van der Waals surface area contributed by atoms with Crippen LogP contribution in [0.5, 0.6) is 17.4 Å². The minimum atomic E-state index is -7.99. The monoisotopic (exact) mass is 645 g/mol. The lowest BCUT2D eigenvalue weighted by molar-refractivity contribution is -0.441.